The molecule has 3 rings (SSSR count). The van der Waals surface area contributed by atoms with E-state index in [1.165, 1.54) is 24.4 Å². The van der Waals surface area contributed by atoms with E-state index in [9.17, 15) is 14.4 Å². The van der Waals surface area contributed by atoms with Crippen LogP contribution in [0.15, 0.2) is 48.7 Å². The standard InChI is InChI=1S/C24H19FN4O2/c1-4-6-7-23(30)29-21-11-18-20(12-22(21)31-5-2)27-14-16(13-26)24(18)28-17-8-9-19(25)15(3)10-17/h1,6-12,14H,5H2,2-3H3,(H,27,28)(H,29,30)/b7-6+. The highest BCUT2D eigenvalue weighted by Gasteiger charge is 2.15. The number of hydrogen-bond acceptors (Lipinski definition) is 5. The van der Waals surface area contributed by atoms with Gasteiger partial charge in [0, 0.05) is 29.4 Å². The Morgan fingerprint density at radius 1 is 1.35 bits per heavy atom. The first-order valence-electron chi connectivity index (χ1n) is 9.43. The lowest BCUT2D eigenvalue weighted by Gasteiger charge is -2.16. The fraction of sp³-hybridized carbons (Fsp3) is 0.125. The molecule has 31 heavy (non-hydrogen) atoms. The molecule has 1 aromatic heterocycles. The van der Waals surface area contributed by atoms with Crippen LogP contribution in [-0.4, -0.2) is 17.5 Å². The molecule has 1 heterocycles. The summed E-state index contributed by atoms with van der Waals surface area (Å²) in [5.74, 6) is 1.94. The Labute approximate surface area is 179 Å². The van der Waals surface area contributed by atoms with Crippen molar-refractivity contribution in [1.82, 2.24) is 4.98 Å². The van der Waals surface area contributed by atoms with Crippen molar-refractivity contribution in [2.75, 3.05) is 17.2 Å². The molecule has 0 unspecified atom stereocenters. The fourth-order valence-corrected chi connectivity index (χ4v) is 2.98. The van der Waals surface area contributed by atoms with Crippen LogP contribution >= 0.6 is 0 Å². The Balaban J connectivity index is 2.15. The minimum atomic E-state index is -0.425. The van der Waals surface area contributed by atoms with Crippen LogP contribution in [0.2, 0.25) is 0 Å². The topological polar surface area (TPSA) is 87.0 Å². The number of nitrogens with zero attached hydrogens (tertiary/aromatic N) is 2. The van der Waals surface area contributed by atoms with Gasteiger partial charge in [-0.05, 0) is 49.8 Å². The summed E-state index contributed by atoms with van der Waals surface area (Å²) in [6, 6.07) is 10.0. The first-order valence-corrected chi connectivity index (χ1v) is 9.43. The third-order valence-electron chi connectivity index (χ3n) is 4.41. The number of ether oxygens (including phenoxy) is 1. The maximum absolute atomic E-state index is 13.7. The zero-order chi connectivity index (χ0) is 22.4. The van der Waals surface area contributed by atoms with Gasteiger partial charge in [-0.1, -0.05) is 5.92 Å². The third-order valence-corrected chi connectivity index (χ3v) is 4.41. The van der Waals surface area contributed by atoms with Crippen molar-refractivity contribution >= 4 is 33.9 Å². The number of pyridine rings is 1. The molecular formula is C24H19FN4O2. The Bertz CT molecular complexity index is 1270. The molecule has 0 aliphatic carbocycles. The summed E-state index contributed by atoms with van der Waals surface area (Å²) in [5.41, 5.74) is 2.81. The summed E-state index contributed by atoms with van der Waals surface area (Å²) < 4.78 is 19.3. The lowest BCUT2D eigenvalue weighted by atomic mass is 10.1. The number of hydrogen-bond donors (Lipinski definition) is 2. The smallest absolute Gasteiger partial charge is 0.249 e. The Morgan fingerprint density at radius 3 is 2.84 bits per heavy atom. The van der Waals surface area contributed by atoms with E-state index in [0.29, 0.717) is 51.4 Å². The van der Waals surface area contributed by atoms with E-state index >= 15 is 0 Å². The van der Waals surface area contributed by atoms with Gasteiger partial charge in [-0.3, -0.25) is 9.78 Å². The van der Waals surface area contributed by atoms with Crippen molar-refractivity contribution in [2.45, 2.75) is 13.8 Å². The SMILES string of the molecule is C#C/C=C/C(=O)Nc1cc2c(Nc3ccc(F)c(C)c3)c(C#N)cnc2cc1OCC. The molecule has 0 saturated heterocycles. The number of nitriles is 1. The first-order chi connectivity index (χ1) is 15.0. The molecular weight excluding hydrogens is 395 g/mol. The van der Waals surface area contributed by atoms with Gasteiger partial charge in [-0.2, -0.15) is 5.26 Å². The third kappa shape index (κ3) is 4.80. The zero-order valence-corrected chi connectivity index (χ0v) is 17.0. The second-order valence-corrected chi connectivity index (χ2v) is 6.54. The van der Waals surface area contributed by atoms with Gasteiger partial charge in [-0.15, -0.1) is 6.42 Å². The molecule has 154 valence electrons. The molecule has 0 bridgehead atoms. The van der Waals surface area contributed by atoms with Gasteiger partial charge < -0.3 is 15.4 Å². The summed E-state index contributed by atoms with van der Waals surface area (Å²) in [6.45, 7) is 3.86. The number of allylic oxidation sites excluding steroid dienone is 1. The van der Waals surface area contributed by atoms with E-state index in [0.717, 1.165) is 0 Å². The van der Waals surface area contributed by atoms with Gasteiger partial charge >= 0.3 is 0 Å². The monoisotopic (exact) mass is 414 g/mol. The number of fused-ring (bicyclic) bond motifs is 1. The van der Waals surface area contributed by atoms with E-state index in [-0.39, 0.29) is 5.82 Å². The largest absolute Gasteiger partial charge is 0.492 e. The quantitative estimate of drug-likeness (QED) is 0.446. The molecule has 1 amide bonds. The number of carbonyl (C=O) groups is 1. The number of amides is 1. The second kappa shape index (κ2) is 9.43. The molecule has 0 aliphatic heterocycles. The predicted octanol–water partition coefficient (Wildman–Crippen LogP) is 4.82. The molecule has 0 fully saturated rings. The van der Waals surface area contributed by atoms with Gasteiger partial charge in [0.25, 0.3) is 0 Å². The number of terminal acetylenes is 1. The lowest BCUT2D eigenvalue weighted by Crippen LogP contribution is -2.10. The number of rotatable bonds is 6. The first kappa shape index (κ1) is 21.4. The summed E-state index contributed by atoms with van der Waals surface area (Å²) >= 11 is 0. The van der Waals surface area contributed by atoms with Crippen molar-refractivity contribution < 1.29 is 13.9 Å². The molecule has 7 heteroatoms. The second-order valence-electron chi connectivity index (χ2n) is 6.54. The molecule has 2 N–H and O–H groups in total. The summed E-state index contributed by atoms with van der Waals surface area (Å²) in [5, 5.41) is 16.1. The molecule has 0 saturated carbocycles. The van der Waals surface area contributed by atoms with Crippen LogP contribution in [0.4, 0.5) is 21.5 Å². The van der Waals surface area contributed by atoms with Gasteiger partial charge in [0.15, 0.2) is 0 Å². The molecule has 0 aliphatic rings. The van der Waals surface area contributed by atoms with Crippen LogP contribution < -0.4 is 15.4 Å². The maximum atomic E-state index is 13.7. The van der Waals surface area contributed by atoms with Crippen molar-refractivity contribution in [1.29, 1.82) is 5.26 Å². The van der Waals surface area contributed by atoms with Crippen LogP contribution in [0.1, 0.15) is 18.1 Å². The summed E-state index contributed by atoms with van der Waals surface area (Å²) in [7, 11) is 0. The van der Waals surface area contributed by atoms with Crippen LogP contribution in [0.3, 0.4) is 0 Å². The highest BCUT2D eigenvalue weighted by Crippen LogP contribution is 2.36. The van der Waals surface area contributed by atoms with E-state index in [2.05, 4.69) is 27.6 Å². The van der Waals surface area contributed by atoms with E-state index < -0.39 is 5.91 Å². The van der Waals surface area contributed by atoms with Crippen LogP contribution in [0.25, 0.3) is 10.9 Å². The van der Waals surface area contributed by atoms with Crippen LogP contribution in [0.5, 0.6) is 5.75 Å². The number of benzene rings is 2. The number of anilines is 3. The predicted molar refractivity (Wildman–Crippen MR) is 119 cm³/mol. The van der Waals surface area contributed by atoms with Gasteiger partial charge in [0.05, 0.1) is 29.1 Å². The van der Waals surface area contributed by atoms with E-state index in [1.807, 2.05) is 6.92 Å². The summed E-state index contributed by atoms with van der Waals surface area (Å²) in [4.78, 5) is 16.5. The number of halogens is 1. The van der Waals surface area contributed by atoms with Gasteiger partial charge in [0.1, 0.15) is 17.6 Å². The number of aromatic nitrogens is 1. The zero-order valence-electron chi connectivity index (χ0n) is 17.0. The summed E-state index contributed by atoms with van der Waals surface area (Å²) in [6.07, 6.45) is 9.12. The van der Waals surface area contributed by atoms with E-state index in [4.69, 9.17) is 11.2 Å². The molecule has 0 spiro atoms. The lowest BCUT2D eigenvalue weighted by molar-refractivity contribution is -0.111. The molecule has 0 radical (unpaired) electrons. The van der Waals surface area contributed by atoms with Crippen molar-refractivity contribution in [3.05, 3.63) is 65.6 Å². The van der Waals surface area contributed by atoms with Crippen molar-refractivity contribution in [3.63, 3.8) is 0 Å². The van der Waals surface area contributed by atoms with Gasteiger partial charge in [-0.25, -0.2) is 4.39 Å². The maximum Gasteiger partial charge on any atom is 0.249 e. The number of carbonyl (C=O) groups excluding carboxylic acids is 1. The van der Waals surface area contributed by atoms with Crippen molar-refractivity contribution in [3.8, 4) is 24.2 Å². The average Bonchev–Trinajstić information content (AvgIpc) is 2.76. The highest BCUT2D eigenvalue weighted by atomic mass is 19.1. The minimum Gasteiger partial charge on any atom is -0.492 e. The Morgan fingerprint density at radius 2 is 2.16 bits per heavy atom. The molecule has 0 atom stereocenters. The van der Waals surface area contributed by atoms with Crippen LogP contribution in [0, 0.1) is 36.4 Å². The molecule has 3 aromatic rings. The fourth-order valence-electron chi connectivity index (χ4n) is 2.98. The minimum absolute atomic E-state index is 0.295. The highest BCUT2D eigenvalue weighted by molar-refractivity contribution is 6.05. The number of aryl methyl sites for hydroxylation is 1. The normalized spacial score (nSPS) is 10.5. The van der Waals surface area contributed by atoms with Crippen LogP contribution in [-0.2, 0) is 4.79 Å². The molecule has 2 aromatic carbocycles. The Kier molecular flexibility index (Phi) is 6.49. The average molecular weight is 414 g/mol. The van der Waals surface area contributed by atoms with Crippen molar-refractivity contribution in [2.24, 2.45) is 0 Å². The number of nitrogens with one attached hydrogen (secondary N) is 2. The Hall–Kier alpha value is -4.36. The van der Waals surface area contributed by atoms with E-state index in [1.54, 1.807) is 31.2 Å². The van der Waals surface area contributed by atoms with Gasteiger partial charge in [0.2, 0.25) is 5.91 Å². The molecule has 6 nitrogen and oxygen atoms in total.